The van der Waals surface area contributed by atoms with Gasteiger partial charge in [0, 0.05) is 5.88 Å². The van der Waals surface area contributed by atoms with Gasteiger partial charge in [-0.3, -0.25) is 0 Å². The molecule has 0 heterocycles. The molecule has 0 N–H and O–H groups in total. The van der Waals surface area contributed by atoms with E-state index in [1.807, 2.05) is 0 Å². The van der Waals surface area contributed by atoms with Crippen LogP contribution in [0, 0.1) is 13.8 Å². The van der Waals surface area contributed by atoms with Gasteiger partial charge in [-0.1, -0.05) is 109 Å². The SMILES string of the molecule is CCCCCCCCCCCCCCCCCc1c(CCl)ccc(C)c1C. The number of rotatable bonds is 17. The normalized spacial score (nSPS) is 11.3. The van der Waals surface area contributed by atoms with Crippen LogP contribution in [0.4, 0.5) is 0 Å². The Labute approximate surface area is 175 Å². The van der Waals surface area contributed by atoms with Crippen LogP contribution in [0.15, 0.2) is 12.1 Å². The standard InChI is InChI=1S/C26H45Cl/c1-4-5-6-7-8-9-10-11-12-13-14-15-16-17-18-19-26-24(3)23(2)20-21-25(26)22-27/h20-21H,4-19,22H2,1-3H3. The molecule has 0 aliphatic heterocycles. The Bertz CT molecular complexity index is 477. The molecule has 0 amide bonds. The second-order valence-corrected chi connectivity index (χ2v) is 8.75. The maximum absolute atomic E-state index is 6.13. The van der Waals surface area contributed by atoms with Crippen LogP contribution in [0.2, 0.25) is 0 Å². The van der Waals surface area contributed by atoms with Crippen LogP contribution in [-0.4, -0.2) is 0 Å². The zero-order chi connectivity index (χ0) is 19.7. The minimum absolute atomic E-state index is 0.648. The second-order valence-electron chi connectivity index (χ2n) is 8.48. The Morgan fingerprint density at radius 1 is 0.630 bits per heavy atom. The minimum atomic E-state index is 0.648. The van der Waals surface area contributed by atoms with E-state index in [0.29, 0.717) is 5.88 Å². The number of alkyl halides is 1. The van der Waals surface area contributed by atoms with Gasteiger partial charge in [0.1, 0.15) is 0 Å². The molecule has 1 aromatic carbocycles. The summed E-state index contributed by atoms with van der Waals surface area (Å²) in [6.45, 7) is 6.76. The van der Waals surface area contributed by atoms with Gasteiger partial charge in [0.15, 0.2) is 0 Å². The fourth-order valence-corrected chi connectivity index (χ4v) is 4.33. The van der Waals surface area contributed by atoms with Crippen LogP contribution in [0.25, 0.3) is 0 Å². The molecule has 1 rings (SSSR count). The van der Waals surface area contributed by atoms with E-state index in [0.717, 1.165) is 0 Å². The van der Waals surface area contributed by atoms with Crippen LogP contribution >= 0.6 is 11.6 Å². The number of halogens is 1. The molecule has 27 heavy (non-hydrogen) atoms. The molecule has 0 radical (unpaired) electrons. The maximum atomic E-state index is 6.13. The topological polar surface area (TPSA) is 0 Å². The molecule has 0 nitrogen and oxygen atoms in total. The van der Waals surface area contributed by atoms with Crippen molar-refractivity contribution in [1.29, 1.82) is 0 Å². The van der Waals surface area contributed by atoms with Gasteiger partial charge in [0.2, 0.25) is 0 Å². The van der Waals surface area contributed by atoms with Crippen molar-refractivity contribution in [1.82, 2.24) is 0 Å². The van der Waals surface area contributed by atoms with E-state index in [1.54, 1.807) is 0 Å². The van der Waals surface area contributed by atoms with E-state index in [4.69, 9.17) is 11.6 Å². The summed E-state index contributed by atoms with van der Waals surface area (Å²) in [5.41, 5.74) is 5.71. The molecule has 0 saturated carbocycles. The van der Waals surface area contributed by atoms with Crippen molar-refractivity contribution in [3.05, 3.63) is 34.4 Å². The maximum Gasteiger partial charge on any atom is 0.0476 e. The first-order valence-electron chi connectivity index (χ1n) is 11.8. The summed E-state index contributed by atoms with van der Waals surface area (Å²) in [6.07, 6.45) is 22.6. The van der Waals surface area contributed by atoms with Gasteiger partial charge in [0.05, 0.1) is 0 Å². The van der Waals surface area contributed by atoms with Crippen LogP contribution in [0.5, 0.6) is 0 Å². The number of benzene rings is 1. The number of unbranched alkanes of at least 4 members (excludes halogenated alkanes) is 14. The Kier molecular flexibility index (Phi) is 15.0. The lowest BCUT2D eigenvalue weighted by molar-refractivity contribution is 0.532. The molecular formula is C26H45Cl. The first-order chi connectivity index (χ1) is 13.2. The lowest BCUT2D eigenvalue weighted by Crippen LogP contribution is -1.98. The minimum Gasteiger partial charge on any atom is -0.122 e. The first kappa shape index (κ1) is 24.5. The summed E-state index contributed by atoms with van der Waals surface area (Å²) in [6, 6.07) is 4.43. The third kappa shape index (κ3) is 11.2. The monoisotopic (exact) mass is 392 g/mol. The van der Waals surface area contributed by atoms with E-state index < -0.39 is 0 Å². The Morgan fingerprint density at radius 3 is 1.52 bits per heavy atom. The summed E-state index contributed by atoms with van der Waals surface area (Å²) in [4.78, 5) is 0. The predicted molar refractivity (Wildman–Crippen MR) is 124 cm³/mol. The van der Waals surface area contributed by atoms with Gasteiger partial charge in [-0.05, 0) is 48.9 Å². The fourth-order valence-electron chi connectivity index (χ4n) is 4.08. The number of aryl methyl sites for hydroxylation is 1. The molecule has 0 atom stereocenters. The van der Waals surface area contributed by atoms with Gasteiger partial charge in [-0.15, -0.1) is 11.6 Å². The van der Waals surface area contributed by atoms with Gasteiger partial charge >= 0.3 is 0 Å². The molecule has 156 valence electrons. The van der Waals surface area contributed by atoms with Crippen molar-refractivity contribution in [2.24, 2.45) is 0 Å². The molecule has 0 spiro atoms. The highest BCUT2D eigenvalue weighted by molar-refractivity contribution is 6.17. The van der Waals surface area contributed by atoms with Crippen LogP contribution < -0.4 is 0 Å². The molecule has 1 heteroatoms. The van der Waals surface area contributed by atoms with Crippen LogP contribution in [0.1, 0.15) is 125 Å². The molecule has 0 saturated heterocycles. The van der Waals surface area contributed by atoms with E-state index in [9.17, 15) is 0 Å². The average Bonchev–Trinajstić information content (AvgIpc) is 2.68. The molecule has 0 bridgehead atoms. The van der Waals surface area contributed by atoms with Gasteiger partial charge in [-0.25, -0.2) is 0 Å². The lowest BCUT2D eigenvalue weighted by atomic mass is 9.94. The van der Waals surface area contributed by atoms with Crippen LogP contribution in [-0.2, 0) is 12.3 Å². The molecule has 0 aliphatic carbocycles. The van der Waals surface area contributed by atoms with Crippen LogP contribution in [0.3, 0.4) is 0 Å². The highest BCUT2D eigenvalue weighted by Gasteiger charge is 2.07. The zero-order valence-electron chi connectivity index (χ0n) is 18.6. The number of hydrogen-bond acceptors (Lipinski definition) is 0. The van der Waals surface area contributed by atoms with Crippen molar-refractivity contribution in [2.75, 3.05) is 0 Å². The Hall–Kier alpha value is -0.490. The largest absolute Gasteiger partial charge is 0.122 e. The van der Waals surface area contributed by atoms with Crippen molar-refractivity contribution in [3.8, 4) is 0 Å². The van der Waals surface area contributed by atoms with Gasteiger partial charge in [-0.2, -0.15) is 0 Å². The smallest absolute Gasteiger partial charge is 0.0476 e. The Balaban J connectivity index is 1.95. The van der Waals surface area contributed by atoms with E-state index in [2.05, 4.69) is 32.9 Å². The summed E-state index contributed by atoms with van der Waals surface area (Å²) in [5.74, 6) is 0.648. The van der Waals surface area contributed by atoms with Gasteiger partial charge in [0.25, 0.3) is 0 Å². The summed E-state index contributed by atoms with van der Waals surface area (Å²) in [5, 5.41) is 0. The van der Waals surface area contributed by atoms with Gasteiger partial charge < -0.3 is 0 Å². The molecule has 0 aromatic heterocycles. The van der Waals surface area contributed by atoms with E-state index in [-0.39, 0.29) is 0 Å². The third-order valence-electron chi connectivity index (χ3n) is 6.14. The first-order valence-corrected chi connectivity index (χ1v) is 12.4. The molecule has 0 fully saturated rings. The van der Waals surface area contributed by atoms with Crippen molar-refractivity contribution < 1.29 is 0 Å². The quantitative estimate of drug-likeness (QED) is 0.183. The van der Waals surface area contributed by atoms with Crippen molar-refractivity contribution in [3.63, 3.8) is 0 Å². The fraction of sp³-hybridized carbons (Fsp3) is 0.769. The second kappa shape index (κ2) is 16.5. The lowest BCUT2D eigenvalue weighted by Gasteiger charge is -2.13. The average molecular weight is 393 g/mol. The number of hydrogen-bond donors (Lipinski definition) is 0. The van der Waals surface area contributed by atoms with E-state index in [1.165, 1.54) is 125 Å². The van der Waals surface area contributed by atoms with Crippen molar-refractivity contribution >= 4 is 11.6 Å². The summed E-state index contributed by atoms with van der Waals surface area (Å²) < 4.78 is 0. The highest BCUT2D eigenvalue weighted by atomic mass is 35.5. The molecular weight excluding hydrogens is 348 g/mol. The predicted octanol–water partition coefficient (Wildman–Crippen LogP) is 9.46. The summed E-state index contributed by atoms with van der Waals surface area (Å²) >= 11 is 6.13. The van der Waals surface area contributed by atoms with E-state index >= 15 is 0 Å². The zero-order valence-corrected chi connectivity index (χ0v) is 19.3. The summed E-state index contributed by atoms with van der Waals surface area (Å²) in [7, 11) is 0. The highest BCUT2D eigenvalue weighted by Crippen LogP contribution is 2.22. The third-order valence-corrected chi connectivity index (χ3v) is 6.43. The van der Waals surface area contributed by atoms with Crippen molar-refractivity contribution in [2.45, 2.75) is 129 Å². The molecule has 0 unspecified atom stereocenters. The molecule has 0 aliphatic rings. The molecule has 1 aromatic rings. The Morgan fingerprint density at radius 2 is 1.07 bits per heavy atom.